The lowest BCUT2D eigenvalue weighted by atomic mass is 9.86. The van der Waals surface area contributed by atoms with Crippen LogP contribution in [0, 0.1) is 5.92 Å². The number of benzene rings is 1. The molecule has 1 saturated carbocycles. The number of hydrogen-bond acceptors (Lipinski definition) is 3. The molecule has 0 radical (unpaired) electrons. The summed E-state index contributed by atoms with van der Waals surface area (Å²) in [6.07, 6.45) is 4.96. The summed E-state index contributed by atoms with van der Waals surface area (Å²) in [7, 11) is 1.69. The van der Waals surface area contributed by atoms with Crippen molar-refractivity contribution < 1.29 is 14.4 Å². The number of carbonyl (C=O) groups is 1. The number of carbonyl (C=O) groups excluding carboxylic acids is 1. The van der Waals surface area contributed by atoms with Crippen LogP contribution in [0.1, 0.15) is 32.6 Å². The number of quaternary nitrogens is 1. The maximum Gasteiger partial charge on any atom is 0.275 e. The lowest BCUT2D eigenvalue weighted by Gasteiger charge is -2.34. The highest BCUT2D eigenvalue weighted by Gasteiger charge is 2.26. The van der Waals surface area contributed by atoms with Gasteiger partial charge in [-0.1, -0.05) is 19.8 Å². The summed E-state index contributed by atoms with van der Waals surface area (Å²) in [4.78, 5) is 16.2. The first-order valence-corrected chi connectivity index (χ1v) is 9.67. The largest absolute Gasteiger partial charge is 0.497 e. The van der Waals surface area contributed by atoms with E-state index in [1.54, 1.807) is 7.11 Å². The molecule has 138 valence electrons. The lowest BCUT2D eigenvalue weighted by molar-refractivity contribution is -0.892. The van der Waals surface area contributed by atoms with Gasteiger partial charge in [-0.3, -0.25) is 4.79 Å². The molecule has 2 atom stereocenters. The fourth-order valence-electron chi connectivity index (χ4n) is 4.07. The van der Waals surface area contributed by atoms with Gasteiger partial charge in [0.05, 0.1) is 33.3 Å². The van der Waals surface area contributed by atoms with Crippen molar-refractivity contribution in [2.75, 3.05) is 44.7 Å². The highest BCUT2D eigenvalue weighted by Crippen LogP contribution is 2.23. The van der Waals surface area contributed by atoms with Gasteiger partial charge in [0.2, 0.25) is 0 Å². The second kappa shape index (κ2) is 8.56. The summed E-state index contributed by atoms with van der Waals surface area (Å²) >= 11 is 0. The van der Waals surface area contributed by atoms with E-state index in [0.29, 0.717) is 18.5 Å². The first kappa shape index (κ1) is 18.1. The molecule has 25 heavy (non-hydrogen) atoms. The van der Waals surface area contributed by atoms with E-state index in [-0.39, 0.29) is 5.91 Å². The van der Waals surface area contributed by atoms with Crippen molar-refractivity contribution in [2.45, 2.75) is 38.6 Å². The summed E-state index contributed by atoms with van der Waals surface area (Å²) in [5, 5.41) is 3.28. The Morgan fingerprint density at radius 1 is 1.20 bits per heavy atom. The Bertz CT molecular complexity index is 553. The first-order chi connectivity index (χ1) is 12.2. The van der Waals surface area contributed by atoms with E-state index < -0.39 is 0 Å². The molecular weight excluding hydrogens is 314 g/mol. The van der Waals surface area contributed by atoms with Crippen LogP contribution in [-0.2, 0) is 4.79 Å². The van der Waals surface area contributed by atoms with Gasteiger partial charge in [-0.05, 0) is 43.0 Å². The van der Waals surface area contributed by atoms with Crippen LogP contribution in [0.15, 0.2) is 24.3 Å². The zero-order valence-electron chi connectivity index (χ0n) is 15.6. The van der Waals surface area contributed by atoms with Crippen molar-refractivity contribution in [1.29, 1.82) is 0 Å². The standard InChI is InChI=1S/C20H31N3O2/c1-16-5-3-4-6-19(16)21-20(24)15-22-11-13-23(14-12-22)17-7-9-18(25-2)10-8-17/h7-10,16,19H,3-6,11-15H2,1-2H3,(H,21,24)/p+1/t16-,19-/m0/s1. The summed E-state index contributed by atoms with van der Waals surface area (Å²) in [5.41, 5.74) is 1.24. The van der Waals surface area contributed by atoms with Crippen LogP contribution in [0.4, 0.5) is 5.69 Å². The minimum absolute atomic E-state index is 0.228. The van der Waals surface area contributed by atoms with E-state index in [4.69, 9.17) is 4.74 Å². The van der Waals surface area contributed by atoms with Gasteiger partial charge < -0.3 is 19.9 Å². The number of hydrogen-bond donors (Lipinski definition) is 2. The molecule has 2 N–H and O–H groups in total. The molecule has 2 aliphatic rings. The molecule has 1 aliphatic carbocycles. The van der Waals surface area contributed by atoms with Crippen molar-refractivity contribution in [3.8, 4) is 5.75 Å². The maximum absolute atomic E-state index is 12.4. The van der Waals surface area contributed by atoms with E-state index in [0.717, 1.165) is 38.3 Å². The summed E-state index contributed by atoms with van der Waals surface area (Å²) in [6.45, 7) is 6.90. The molecule has 1 aromatic carbocycles. The monoisotopic (exact) mass is 346 g/mol. The molecule has 2 fully saturated rings. The summed E-state index contributed by atoms with van der Waals surface area (Å²) in [6, 6.07) is 8.63. The Hall–Kier alpha value is -1.75. The van der Waals surface area contributed by atoms with Crippen molar-refractivity contribution in [3.05, 3.63) is 24.3 Å². The van der Waals surface area contributed by atoms with Crippen LogP contribution >= 0.6 is 0 Å². The predicted molar refractivity (Wildman–Crippen MR) is 100 cm³/mol. The second-order valence-corrected chi connectivity index (χ2v) is 7.55. The summed E-state index contributed by atoms with van der Waals surface area (Å²) < 4.78 is 5.22. The number of methoxy groups -OCH3 is 1. The molecule has 0 unspecified atom stereocenters. The lowest BCUT2D eigenvalue weighted by Crippen LogP contribution is -3.16. The quantitative estimate of drug-likeness (QED) is 0.839. The van der Waals surface area contributed by atoms with Gasteiger partial charge in [-0.15, -0.1) is 0 Å². The third-order valence-corrected chi connectivity index (χ3v) is 5.78. The van der Waals surface area contributed by atoms with Gasteiger partial charge in [0.25, 0.3) is 5.91 Å². The number of rotatable bonds is 5. The number of amides is 1. The number of nitrogens with zero attached hydrogens (tertiary/aromatic N) is 1. The zero-order chi connectivity index (χ0) is 17.6. The van der Waals surface area contributed by atoms with Crippen molar-refractivity contribution >= 4 is 11.6 Å². The average Bonchev–Trinajstić information content (AvgIpc) is 2.64. The molecule has 0 spiro atoms. The van der Waals surface area contributed by atoms with Gasteiger partial charge in [-0.2, -0.15) is 0 Å². The Labute approximate surface area is 151 Å². The highest BCUT2D eigenvalue weighted by atomic mass is 16.5. The van der Waals surface area contributed by atoms with Crippen molar-refractivity contribution in [2.24, 2.45) is 5.92 Å². The van der Waals surface area contributed by atoms with Gasteiger partial charge in [0.15, 0.2) is 6.54 Å². The third-order valence-electron chi connectivity index (χ3n) is 5.78. The molecule has 1 heterocycles. The third kappa shape index (κ3) is 4.88. The Balaban J connectivity index is 1.43. The highest BCUT2D eigenvalue weighted by molar-refractivity contribution is 5.77. The van der Waals surface area contributed by atoms with E-state index in [1.807, 2.05) is 12.1 Å². The Morgan fingerprint density at radius 3 is 2.52 bits per heavy atom. The zero-order valence-corrected chi connectivity index (χ0v) is 15.6. The van der Waals surface area contributed by atoms with Crippen LogP contribution in [-0.4, -0.2) is 51.8 Å². The first-order valence-electron chi connectivity index (χ1n) is 9.67. The van der Waals surface area contributed by atoms with Gasteiger partial charge >= 0.3 is 0 Å². The number of ether oxygens (including phenoxy) is 1. The Kier molecular flexibility index (Phi) is 6.19. The minimum atomic E-state index is 0.228. The number of piperazine rings is 1. The predicted octanol–water partition coefficient (Wildman–Crippen LogP) is 1.10. The van der Waals surface area contributed by atoms with Crippen molar-refractivity contribution in [1.82, 2.24) is 5.32 Å². The molecule has 1 amide bonds. The number of nitrogens with one attached hydrogen (secondary N) is 2. The molecule has 5 nitrogen and oxygen atoms in total. The molecule has 1 saturated heterocycles. The SMILES string of the molecule is COc1ccc(N2CC[NH+](CC(=O)N[C@H]3CCCC[C@@H]3C)CC2)cc1. The van der Waals surface area contributed by atoms with Gasteiger partial charge in [0.1, 0.15) is 5.75 Å². The van der Waals surface area contributed by atoms with Crippen LogP contribution in [0.3, 0.4) is 0 Å². The smallest absolute Gasteiger partial charge is 0.275 e. The van der Waals surface area contributed by atoms with Crippen LogP contribution in [0.2, 0.25) is 0 Å². The molecule has 5 heteroatoms. The van der Waals surface area contributed by atoms with E-state index in [2.05, 4.69) is 29.3 Å². The number of anilines is 1. The maximum atomic E-state index is 12.4. The average molecular weight is 346 g/mol. The molecule has 0 bridgehead atoms. The van der Waals surface area contributed by atoms with Gasteiger partial charge in [-0.25, -0.2) is 0 Å². The van der Waals surface area contributed by atoms with Crippen LogP contribution in [0.5, 0.6) is 5.75 Å². The van der Waals surface area contributed by atoms with Crippen molar-refractivity contribution in [3.63, 3.8) is 0 Å². The summed E-state index contributed by atoms with van der Waals surface area (Å²) in [5.74, 6) is 1.74. The van der Waals surface area contributed by atoms with E-state index >= 15 is 0 Å². The fraction of sp³-hybridized carbons (Fsp3) is 0.650. The topological polar surface area (TPSA) is 46.0 Å². The molecule has 3 rings (SSSR count). The molecular formula is C20H32N3O2+. The van der Waals surface area contributed by atoms with Gasteiger partial charge in [0, 0.05) is 11.7 Å². The van der Waals surface area contributed by atoms with Crippen LogP contribution < -0.4 is 19.9 Å². The second-order valence-electron chi connectivity index (χ2n) is 7.55. The van der Waals surface area contributed by atoms with Crippen LogP contribution in [0.25, 0.3) is 0 Å². The Morgan fingerprint density at radius 2 is 1.88 bits per heavy atom. The molecule has 0 aromatic heterocycles. The minimum Gasteiger partial charge on any atom is -0.497 e. The molecule has 1 aromatic rings. The normalized spacial score (nSPS) is 24.8. The van der Waals surface area contributed by atoms with E-state index in [9.17, 15) is 4.79 Å². The fourth-order valence-corrected chi connectivity index (χ4v) is 4.07. The molecule has 1 aliphatic heterocycles. The van der Waals surface area contributed by atoms with E-state index in [1.165, 1.54) is 29.8 Å².